The zero-order valence-electron chi connectivity index (χ0n) is 15.3. The molecule has 2 aromatic carbocycles. The number of para-hydroxylation sites is 1. The van der Waals surface area contributed by atoms with Gasteiger partial charge in [-0.25, -0.2) is 19.9 Å². The second-order valence-electron chi connectivity index (χ2n) is 6.39. The Bertz CT molecular complexity index is 1470. The van der Waals surface area contributed by atoms with Gasteiger partial charge >= 0.3 is 0 Å². The molecule has 5 aromatic rings. The number of hydrogen-bond acceptors (Lipinski definition) is 7. The van der Waals surface area contributed by atoms with Crippen molar-refractivity contribution in [2.24, 2.45) is 0 Å². The van der Waals surface area contributed by atoms with Crippen LogP contribution in [0, 0.1) is 0 Å². The van der Waals surface area contributed by atoms with E-state index in [1.165, 1.54) is 34.8 Å². The number of aromatic nitrogens is 6. The zero-order valence-corrected chi connectivity index (χ0v) is 16.9. The Labute approximate surface area is 178 Å². The number of benzene rings is 2. The molecular formula is C20H13ClN6O2S. The number of nitrogens with zero attached hydrogens (tertiary/aromatic N) is 5. The SMILES string of the molecule is O=c1c2cc(O)ccc2nc(CSc2ncnc3nc[nH]c23)n1-c1ccccc1Cl. The second-order valence-corrected chi connectivity index (χ2v) is 7.76. The van der Waals surface area contributed by atoms with Crippen LogP contribution in [0.25, 0.3) is 27.8 Å². The number of H-pyrrole nitrogens is 1. The van der Waals surface area contributed by atoms with Gasteiger partial charge in [0.1, 0.15) is 28.4 Å². The molecule has 10 heteroatoms. The number of aromatic hydroxyl groups is 1. The lowest BCUT2D eigenvalue weighted by molar-refractivity contribution is 0.476. The van der Waals surface area contributed by atoms with Crippen LogP contribution in [-0.2, 0) is 5.75 Å². The molecule has 0 unspecified atom stereocenters. The van der Waals surface area contributed by atoms with Crippen molar-refractivity contribution in [2.45, 2.75) is 10.8 Å². The highest BCUT2D eigenvalue weighted by molar-refractivity contribution is 7.98. The van der Waals surface area contributed by atoms with Crippen LogP contribution < -0.4 is 5.56 Å². The Kier molecular flexibility index (Phi) is 4.61. The molecule has 0 amide bonds. The quantitative estimate of drug-likeness (QED) is 0.326. The van der Waals surface area contributed by atoms with Crippen LogP contribution in [0.5, 0.6) is 5.75 Å². The van der Waals surface area contributed by atoms with Crippen molar-refractivity contribution in [3.05, 3.63) is 76.3 Å². The minimum absolute atomic E-state index is 0.00291. The molecule has 8 nitrogen and oxygen atoms in total. The predicted molar refractivity (Wildman–Crippen MR) is 115 cm³/mol. The number of halogens is 1. The highest BCUT2D eigenvalue weighted by atomic mass is 35.5. The molecule has 0 aliphatic rings. The maximum absolute atomic E-state index is 13.3. The van der Waals surface area contributed by atoms with Crippen LogP contribution in [-0.4, -0.2) is 34.6 Å². The topological polar surface area (TPSA) is 110 Å². The number of rotatable bonds is 4. The first kappa shape index (κ1) is 18.6. The summed E-state index contributed by atoms with van der Waals surface area (Å²) in [7, 11) is 0. The summed E-state index contributed by atoms with van der Waals surface area (Å²) in [5.74, 6) is 0.849. The van der Waals surface area contributed by atoms with Crippen LogP contribution >= 0.6 is 23.4 Å². The first-order valence-electron chi connectivity index (χ1n) is 8.88. The molecule has 5 rings (SSSR count). The number of aromatic amines is 1. The Hall–Kier alpha value is -3.43. The number of phenols is 1. The molecule has 0 radical (unpaired) electrons. The normalized spacial score (nSPS) is 11.4. The molecule has 0 fully saturated rings. The predicted octanol–water partition coefficient (Wildman–Crippen LogP) is 3.70. The van der Waals surface area contributed by atoms with E-state index < -0.39 is 0 Å². The Morgan fingerprint density at radius 3 is 2.87 bits per heavy atom. The standard InChI is InChI=1S/C20H13ClN6O2S/c21-13-3-1-2-4-15(13)27-16(26-14-6-5-11(28)7-12(14)20(27)29)8-30-19-17-18(23-9-22-17)24-10-25-19/h1-7,9-10,28H,8H2,(H,22,23,24,25). The van der Waals surface area contributed by atoms with Crippen LogP contribution in [0.4, 0.5) is 0 Å². The van der Waals surface area contributed by atoms with E-state index in [0.29, 0.717) is 43.9 Å². The van der Waals surface area contributed by atoms with Gasteiger partial charge in [-0.3, -0.25) is 9.36 Å². The van der Waals surface area contributed by atoms with E-state index in [9.17, 15) is 9.90 Å². The van der Waals surface area contributed by atoms with Crippen molar-refractivity contribution in [1.82, 2.24) is 29.5 Å². The first-order chi connectivity index (χ1) is 14.6. The summed E-state index contributed by atoms with van der Waals surface area (Å²) in [4.78, 5) is 33.6. The van der Waals surface area contributed by atoms with Gasteiger partial charge in [0, 0.05) is 0 Å². The van der Waals surface area contributed by atoms with E-state index in [1.54, 1.807) is 36.7 Å². The largest absolute Gasteiger partial charge is 0.508 e. The van der Waals surface area contributed by atoms with Crippen molar-refractivity contribution in [3.8, 4) is 11.4 Å². The first-order valence-corrected chi connectivity index (χ1v) is 10.2. The van der Waals surface area contributed by atoms with Crippen molar-refractivity contribution < 1.29 is 5.11 Å². The van der Waals surface area contributed by atoms with Crippen molar-refractivity contribution in [3.63, 3.8) is 0 Å². The van der Waals surface area contributed by atoms with E-state index in [1.807, 2.05) is 0 Å². The van der Waals surface area contributed by atoms with Gasteiger partial charge in [0.2, 0.25) is 0 Å². The molecule has 0 bridgehead atoms. The molecule has 0 aliphatic heterocycles. The smallest absolute Gasteiger partial charge is 0.266 e. The third kappa shape index (κ3) is 3.17. The van der Waals surface area contributed by atoms with Gasteiger partial charge in [0.15, 0.2) is 5.65 Å². The fraction of sp³-hybridized carbons (Fsp3) is 0.0500. The van der Waals surface area contributed by atoms with Crippen LogP contribution in [0.1, 0.15) is 5.82 Å². The summed E-state index contributed by atoms with van der Waals surface area (Å²) < 4.78 is 1.47. The van der Waals surface area contributed by atoms with E-state index >= 15 is 0 Å². The van der Waals surface area contributed by atoms with Gasteiger partial charge in [0.25, 0.3) is 5.56 Å². The van der Waals surface area contributed by atoms with Crippen molar-refractivity contribution in [1.29, 1.82) is 0 Å². The van der Waals surface area contributed by atoms with Crippen molar-refractivity contribution >= 4 is 45.4 Å². The summed E-state index contributed by atoms with van der Waals surface area (Å²) >= 11 is 7.79. The van der Waals surface area contributed by atoms with Crippen LogP contribution in [0.2, 0.25) is 5.02 Å². The Balaban J connectivity index is 1.67. The van der Waals surface area contributed by atoms with Gasteiger partial charge in [-0.15, -0.1) is 0 Å². The third-order valence-corrected chi connectivity index (χ3v) is 5.85. The molecule has 0 aliphatic carbocycles. The summed E-state index contributed by atoms with van der Waals surface area (Å²) in [5, 5.41) is 11.3. The molecule has 30 heavy (non-hydrogen) atoms. The second kappa shape index (κ2) is 7.43. The highest BCUT2D eigenvalue weighted by Gasteiger charge is 2.17. The number of thioether (sulfide) groups is 1. The lowest BCUT2D eigenvalue weighted by atomic mass is 10.2. The molecule has 3 heterocycles. The minimum atomic E-state index is -0.311. The minimum Gasteiger partial charge on any atom is -0.508 e. The molecular weight excluding hydrogens is 424 g/mol. The van der Waals surface area contributed by atoms with Gasteiger partial charge in [0.05, 0.1) is 33.7 Å². The van der Waals surface area contributed by atoms with E-state index in [0.717, 1.165) is 5.52 Å². The highest BCUT2D eigenvalue weighted by Crippen LogP contribution is 2.28. The third-order valence-electron chi connectivity index (χ3n) is 4.54. The van der Waals surface area contributed by atoms with Crippen LogP contribution in [0.3, 0.4) is 0 Å². The zero-order chi connectivity index (χ0) is 20.7. The average molecular weight is 437 g/mol. The molecule has 0 saturated carbocycles. The molecule has 0 atom stereocenters. The molecule has 2 N–H and O–H groups in total. The van der Waals surface area contributed by atoms with Gasteiger partial charge in [-0.1, -0.05) is 35.5 Å². The van der Waals surface area contributed by atoms with E-state index in [-0.39, 0.29) is 11.3 Å². The fourth-order valence-electron chi connectivity index (χ4n) is 3.18. The number of phenolic OH excluding ortho intramolecular Hbond substituents is 1. The van der Waals surface area contributed by atoms with Crippen molar-refractivity contribution in [2.75, 3.05) is 0 Å². The van der Waals surface area contributed by atoms with Gasteiger partial charge in [-0.2, -0.15) is 0 Å². The number of hydrogen-bond donors (Lipinski definition) is 2. The summed E-state index contributed by atoms with van der Waals surface area (Å²) in [6, 6.07) is 11.6. The van der Waals surface area contributed by atoms with E-state index in [4.69, 9.17) is 11.6 Å². The van der Waals surface area contributed by atoms with E-state index in [2.05, 4.69) is 24.9 Å². The number of imidazole rings is 1. The maximum atomic E-state index is 13.3. The molecule has 0 saturated heterocycles. The average Bonchev–Trinajstić information content (AvgIpc) is 3.23. The molecule has 0 spiro atoms. The monoisotopic (exact) mass is 436 g/mol. The Morgan fingerprint density at radius 2 is 2.00 bits per heavy atom. The van der Waals surface area contributed by atoms with Crippen LogP contribution in [0.15, 0.2) is 64.9 Å². The lowest BCUT2D eigenvalue weighted by Gasteiger charge is -2.14. The molecule has 3 aromatic heterocycles. The van der Waals surface area contributed by atoms with Gasteiger partial charge < -0.3 is 10.1 Å². The van der Waals surface area contributed by atoms with Gasteiger partial charge in [-0.05, 0) is 30.3 Å². The molecule has 148 valence electrons. The maximum Gasteiger partial charge on any atom is 0.266 e. The lowest BCUT2D eigenvalue weighted by Crippen LogP contribution is -2.24. The number of fused-ring (bicyclic) bond motifs is 2. The summed E-state index contributed by atoms with van der Waals surface area (Å²) in [6.07, 6.45) is 3.01. The Morgan fingerprint density at radius 1 is 1.13 bits per heavy atom. The summed E-state index contributed by atoms with van der Waals surface area (Å²) in [6.45, 7) is 0. The summed E-state index contributed by atoms with van der Waals surface area (Å²) in [5.41, 5.74) is 1.99. The number of nitrogens with one attached hydrogen (secondary N) is 1. The fourth-order valence-corrected chi connectivity index (χ4v) is 4.28.